The molecular formula is C19H24N2O2S. The van der Waals surface area contributed by atoms with Crippen LogP contribution in [-0.2, 0) is 11.2 Å². The van der Waals surface area contributed by atoms with Crippen molar-refractivity contribution < 1.29 is 9.53 Å². The van der Waals surface area contributed by atoms with Crippen molar-refractivity contribution in [3.05, 3.63) is 40.9 Å². The maximum Gasteiger partial charge on any atom is 0.233 e. The van der Waals surface area contributed by atoms with Crippen molar-refractivity contribution in [2.75, 3.05) is 12.4 Å². The molecule has 1 aromatic heterocycles. The van der Waals surface area contributed by atoms with Crippen molar-refractivity contribution in [1.29, 1.82) is 0 Å². The van der Waals surface area contributed by atoms with E-state index in [1.165, 1.54) is 22.5 Å². The predicted octanol–water partition coefficient (Wildman–Crippen LogP) is 4.48. The number of hydrogen-bond donors (Lipinski definition) is 1. The lowest BCUT2D eigenvalue weighted by Gasteiger charge is -2.31. The van der Waals surface area contributed by atoms with Gasteiger partial charge in [-0.25, -0.2) is 4.98 Å². The topological polar surface area (TPSA) is 51.2 Å². The van der Waals surface area contributed by atoms with E-state index in [2.05, 4.69) is 43.2 Å². The van der Waals surface area contributed by atoms with E-state index in [-0.39, 0.29) is 11.8 Å². The molecule has 2 aromatic rings. The Kier molecular flexibility index (Phi) is 4.63. The summed E-state index contributed by atoms with van der Waals surface area (Å²) in [5, 5.41) is 5.55. The molecule has 0 spiro atoms. The van der Waals surface area contributed by atoms with Gasteiger partial charge in [0.1, 0.15) is 5.75 Å². The normalized spacial score (nSPS) is 22.5. The Morgan fingerprint density at radius 1 is 1.50 bits per heavy atom. The predicted molar refractivity (Wildman–Crippen MR) is 97.7 cm³/mol. The van der Waals surface area contributed by atoms with Crippen LogP contribution in [0.5, 0.6) is 5.75 Å². The molecule has 0 unspecified atom stereocenters. The molecule has 0 radical (unpaired) electrons. The van der Waals surface area contributed by atoms with Gasteiger partial charge >= 0.3 is 0 Å². The van der Waals surface area contributed by atoms with Gasteiger partial charge in [0.15, 0.2) is 5.13 Å². The number of amides is 1. The van der Waals surface area contributed by atoms with Crippen molar-refractivity contribution in [2.24, 2.45) is 11.3 Å². The molecule has 1 amide bonds. The third-order valence-electron chi connectivity index (χ3n) is 4.93. The first-order valence-electron chi connectivity index (χ1n) is 8.32. The number of methoxy groups -OCH3 is 1. The smallest absolute Gasteiger partial charge is 0.233 e. The second-order valence-electron chi connectivity index (χ2n) is 7.13. The number of carbonyl (C=O) groups is 1. The van der Waals surface area contributed by atoms with Gasteiger partial charge in [0, 0.05) is 11.6 Å². The molecule has 3 rings (SSSR count). The Labute approximate surface area is 147 Å². The largest absolute Gasteiger partial charge is 0.497 e. The molecule has 0 saturated carbocycles. The van der Waals surface area contributed by atoms with E-state index >= 15 is 0 Å². The monoisotopic (exact) mass is 344 g/mol. The molecule has 1 aromatic carbocycles. The first-order chi connectivity index (χ1) is 11.4. The van der Waals surface area contributed by atoms with Crippen molar-refractivity contribution in [1.82, 2.24) is 4.98 Å². The summed E-state index contributed by atoms with van der Waals surface area (Å²) in [5.41, 5.74) is 2.03. The summed E-state index contributed by atoms with van der Waals surface area (Å²) in [6, 6.07) is 6.18. The van der Waals surface area contributed by atoms with Gasteiger partial charge in [-0.05, 0) is 54.9 Å². The zero-order chi connectivity index (χ0) is 17.3. The Morgan fingerprint density at radius 3 is 2.92 bits per heavy atom. The maximum absolute atomic E-state index is 13.1. The average Bonchev–Trinajstić information content (AvgIpc) is 3.14. The van der Waals surface area contributed by atoms with E-state index in [0.29, 0.717) is 11.0 Å². The molecule has 128 valence electrons. The lowest BCUT2D eigenvalue weighted by atomic mass is 9.73. The van der Waals surface area contributed by atoms with E-state index in [4.69, 9.17) is 4.74 Å². The number of nitrogens with zero attached hydrogens (tertiary/aromatic N) is 1. The van der Waals surface area contributed by atoms with E-state index in [1.807, 2.05) is 11.4 Å². The summed E-state index contributed by atoms with van der Waals surface area (Å²) in [6.45, 7) is 6.49. The van der Waals surface area contributed by atoms with Gasteiger partial charge in [0.05, 0.1) is 12.5 Å². The molecule has 4 nitrogen and oxygen atoms in total. The summed E-state index contributed by atoms with van der Waals surface area (Å²) in [4.78, 5) is 17.3. The molecule has 0 aliphatic heterocycles. The molecule has 0 bridgehead atoms. The second-order valence-corrected chi connectivity index (χ2v) is 8.03. The fraction of sp³-hybridized carbons (Fsp3) is 0.474. The number of benzene rings is 1. The van der Waals surface area contributed by atoms with Crippen LogP contribution in [0.15, 0.2) is 29.8 Å². The highest BCUT2D eigenvalue weighted by Crippen LogP contribution is 2.51. The molecule has 24 heavy (non-hydrogen) atoms. The van der Waals surface area contributed by atoms with Crippen LogP contribution in [0, 0.1) is 11.3 Å². The third-order valence-corrected chi connectivity index (χ3v) is 5.62. The molecule has 5 heteroatoms. The van der Waals surface area contributed by atoms with E-state index < -0.39 is 5.41 Å². The second kappa shape index (κ2) is 6.55. The first-order valence-corrected chi connectivity index (χ1v) is 9.19. The van der Waals surface area contributed by atoms with E-state index in [1.54, 1.807) is 13.3 Å². The SMILES string of the molecule is COc1ccc2c(c1)[C@@H](CC(C)C)[C@](C)(C(=O)Nc1nccs1)C2. The molecule has 1 aliphatic carbocycles. The summed E-state index contributed by atoms with van der Waals surface area (Å²) < 4.78 is 5.40. The average molecular weight is 344 g/mol. The summed E-state index contributed by atoms with van der Waals surface area (Å²) in [5.74, 6) is 1.60. The highest BCUT2D eigenvalue weighted by Gasteiger charge is 2.48. The summed E-state index contributed by atoms with van der Waals surface area (Å²) in [7, 11) is 1.68. The standard InChI is InChI=1S/C19H24N2O2S/c1-12(2)9-16-15-10-14(23-4)6-5-13(15)11-19(16,3)17(22)21-18-20-7-8-24-18/h5-8,10,12,16H,9,11H2,1-4H3,(H,20,21,22)/t16-,19-/m1/s1. The van der Waals surface area contributed by atoms with Gasteiger partial charge in [-0.1, -0.05) is 19.9 Å². The van der Waals surface area contributed by atoms with Crippen molar-refractivity contribution >= 4 is 22.4 Å². The van der Waals surface area contributed by atoms with Gasteiger partial charge in [-0.3, -0.25) is 4.79 Å². The number of anilines is 1. The van der Waals surface area contributed by atoms with Crippen LogP contribution in [0.3, 0.4) is 0 Å². The maximum atomic E-state index is 13.1. The fourth-order valence-corrected chi connectivity index (χ4v) is 4.19. The van der Waals surface area contributed by atoms with E-state index in [0.717, 1.165) is 18.6 Å². The van der Waals surface area contributed by atoms with Gasteiger partial charge in [-0.15, -0.1) is 11.3 Å². The summed E-state index contributed by atoms with van der Waals surface area (Å²) >= 11 is 1.45. The first kappa shape index (κ1) is 17.0. The third kappa shape index (κ3) is 3.05. The number of rotatable bonds is 5. The summed E-state index contributed by atoms with van der Waals surface area (Å²) in [6.07, 6.45) is 3.44. The minimum atomic E-state index is -0.468. The number of hydrogen-bond acceptors (Lipinski definition) is 4. The molecule has 0 saturated heterocycles. The fourth-order valence-electron chi connectivity index (χ4n) is 3.67. The van der Waals surface area contributed by atoms with Crippen LogP contribution < -0.4 is 10.1 Å². The number of ether oxygens (including phenoxy) is 1. The Balaban J connectivity index is 1.95. The van der Waals surface area contributed by atoms with Crippen molar-refractivity contribution in [3.63, 3.8) is 0 Å². The van der Waals surface area contributed by atoms with Crippen LogP contribution in [0.2, 0.25) is 0 Å². The lowest BCUT2D eigenvalue weighted by Crippen LogP contribution is -2.37. The minimum Gasteiger partial charge on any atom is -0.497 e. The van der Waals surface area contributed by atoms with Gasteiger partial charge in [-0.2, -0.15) is 0 Å². The van der Waals surface area contributed by atoms with Crippen LogP contribution >= 0.6 is 11.3 Å². The van der Waals surface area contributed by atoms with E-state index in [9.17, 15) is 4.79 Å². The van der Waals surface area contributed by atoms with Crippen molar-refractivity contribution in [2.45, 2.75) is 39.5 Å². The minimum absolute atomic E-state index is 0.0540. The number of thiazole rings is 1. The zero-order valence-corrected chi connectivity index (χ0v) is 15.4. The highest BCUT2D eigenvalue weighted by atomic mass is 32.1. The van der Waals surface area contributed by atoms with Gasteiger partial charge in [0.25, 0.3) is 0 Å². The van der Waals surface area contributed by atoms with Crippen LogP contribution in [-0.4, -0.2) is 18.0 Å². The Hall–Kier alpha value is -1.88. The molecule has 1 N–H and O–H groups in total. The number of aromatic nitrogens is 1. The zero-order valence-electron chi connectivity index (χ0n) is 14.6. The molecule has 1 heterocycles. The molecule has 1 aliphatic rings. The van der Waals surface area contributed by atoms with Crippen LogP contribution in [0.1, 0.15) is 44.2 Å². The molecule has 0 fully saturated rings. The highest BCUT2D eigenvalue weighted by molar-refractivity contribution is 7.13. The van der Waals surface area contributed by atoms with Crippen LogP contribution in [0.25, 0.3) is 0 Å². The Bertz CT molecular complexity index is 727. The molecule has 2 atom stereocenters. The number of fused-ring (bicyclic) bond motifs is 1. The Morgan fingerprint density at radius 2 is 2.29 bits per heavy atom. The van der Waals surface area contributed by atoms with Crippen molar-refractivity contribution in [3.8, 4) is 5.75 Å². The quantitative estimate of drug-likeness (QED) is 0.870. The lowest BCUT2D eigenvalue weighted by molar-refractivity contribution is -0.125. The van der Waals surface area contributed by atoms with Crippen LogP contribution in [0.4, 0.5) is 5.13 Å². The van der Waals surface area contributed by atoms with Gasteiger partial charge < -0.3 is 10.1 Å². The number of carbonyl (C=O) groups excluding carboxylic acids is 1. The molecular weight excluding hydrogens is 320 g/mol. The number of nitrogens with one attached hydrogen (secondary N) is 1. The van der Waals surface area contributed by atoms with Gasteiger partial charge in [0.2, 0.25) is 5.91 Å².